The molecular weight excluding hydrogens is 315 g/mol. The van der Waals surface area contributed by atoms with Gasteiger partial charge in [-0.3, -0.25) is 19.5 Å². The van der Waals surface area contributed by atoms with Gasteiger partial charge in [-0.2, -0.15) is 5.10 Å². The Hall–Kier alpha value is -2.49. The van der Waals surface area contributed by atoms with Gasteiger partial charge in [0.15, 0.2) is 0 Å². The predicted octanol–water partition coefficient (Wildman–Crippen LogP) is 2.06. The van der Waals surface area contributed by atoms with Crippen molar-refractivity contribution in [2.45, 2.75) is 25.3 Å². The second-order valence-electron chi connectivity index (χ2n) is 4.44. The van der Waals surface area contributed by atoms with Crippen molar-refractivity contribution in [2.75, 3.05) is 4.72 Å². The van der Waals surface area contributed by atoms with E-state index in [1.807, 2.05) is 4.72 Å². The number of halogens is 1. The van der Waals surface area contributed by atoms with Gasteiger partial charge in [0, 0.05) is 18.7 Å². The average molecular weight is 328 g/mol. The van der Waals surface area contributed by atoms with E-state index in [4.69, 9.17) is 0 Å². The van der Waals surface area contributed by atoms with Gasteiger partial charge in [0.05, 0.1) is 22.5 Å². The van der Waals surface area contributed by atoms with Crippen LogP contribution in [0.1, 0.15) is 12.6 Å². The Labute approximate surface area is 125 Å². The third kappa shape index (κ3) is 2.91. The fraction of sp³-hybridized carbons (Fsp3) is 0.250. The van der Waals surface area contributed by atoms with Crippen LogP contribution in [0.15, 0.2) is 29.3 Å². The first-order valence-corrected chi connectivity index (χ1v) is 7.73. The van der Waals surface area contributed by atoms with Crippen molar-refractivity contribution < 1.29 is 17.7 Å². The summed E-state index contributed by atoms with van der Waals surface area (Å²) in [5.74, 6) is -0.908. The van der Waals surface area contributed by atoms with E-state index < -0.39 is 32.1 Å². The third-order valence-corrected chi connectivity index (χ3v) is 4.52. The number of benzene rings is 1. The summed E-state index contributed by atoms with van der Waals surface area (Å²) in [6.45, 7) is 3.84. The summed E-state index contributed by atoms with van der Waals surface area (Å²) in [6.07, 6.45) is 1.15. The van der Waals surface area contributed by atoms with Gasteiger partial charge in [-0.15, -0.1) is 0 Å². The quantitative estimate of drug-likeness (QED) is 0.668. The molecule has 10 heteroatoms. The van der Waals surface area contributed by atoms with Gasteiger partial charge < -0.3 is 0 Å². The standard InChI is InChI=1S/C12H13FN4O4S/c1-3-16-8(2)12(7-14-16)22(20,21)15-11-6-9(17(18)19)4-5-10(11)13/h4-7,15H,3H2,1-2H3. The molecule has 0 bridgehead atoms. The molecule has 0 saturated heterocycles. The molecule has 1 aromatic heterocycles. The summed E-state index contributed by atoms with van der Waals surface area (Å²) in [4.78, 5) is 9.84. The summed E-state index contributed by atoms with van der Waals surface area (Å²) < 4.78 is 41.7. The fourth-order valence-electron chi connectivity index (χ4n) is 1.92. The Kier molecular flexibility index (Phi) is 4.13. The lowest BCUT2D eigenvalue weighted by molar-refractivity contribution is -0.384. The summed E-state index contributed by atoms with van der Waals surface area (Å²) in [5.41, 5.74) is -0.515. The number of nitrogens with zero attached hydrogens (tertiary/aromatic N) is 3. The molecule has 2 aromatic rings. The zero-order valence-corrected chi connectivity index (χ0v) is 12.6. The van der Waals surface area contributed by atoms with Crippen LogP contribution in [0, 0.1) is 22.9 Å². The first-order valence-electron chi connectivity index (χ1n) is 6.25. The van der Waals surface area contributed by atoms with Crippen LogP contribution in [0.4, 0.5) is 15.8 Å². The topological polar surface area (TPSA) is 107 Å². The van der Waals surface area contributed by atoms with Crippen molar-refractivity contribution in [1.29, 1.82) is 0 Å². The van der Waals surface area contributed by atoms with Gasteiger partial charge >= 0.3 is 0 Å². The van der Waals surface area contributed by atoms with Crippen molar-refractivity contribution >= 4 is 21.4 Å². The molecule has 0 fully saturated rings. The van der Waals surface area contributed by atoms with E-state index in [2.05, 4.69) is 5.10 Å². The molecular formula is C12H13FN4O4S. The van der Waals surface area contributed by atoms with E-state index >= 15 is 0 Å². The largest absolute Gasteiger partial charge is 0.276 e. The maximum Gasteiger partial charge on any atom is 0.271 e. The molecule has 0 aliphatic rings. The van der Waals surface area contributed by atoms with Gasteiger partial charge in [-0.1, -0.05) is 0 Å². The molecule has 1 heterocycles. The Balaban J connectivity index is 2.42. The smallest absolute Gasteiger partial charge is 0.271 e. The molecule has 118 valence electrons. The van der Waals surface area contributed by atoms with Gasteiger partial charge in [-0.05, 0) is 19.9 Å². The lowest BCUT2D eigenvalue weighted by atomic mass is 10.3. The van der Waals surface area contributed by atoms with Crippen molar-refractivity contribution in [1.82, 2.24) is 9.78 Å². The minimum atomic E-state index is -4.09. The van der Waals surface area contributed by atoms with E-state index in [0.29, 0.717) is 12.2 Å². The van der Waals surface area contributed by atoms with Crippen molar-refractivity contribution in [3.63, 3.8) is 0 Å². The molecule has 2 rings (SSSR count). The number of nitro benzene ring substituents is 1. The SMILES string of the molecule is CCn1ncc(S(=O)(=O)Nc2cc([N+](=O)[O-])ccc2F)c1C. The number of nitrogens with one attached hydrogen (secondary N) is 1. The van der Waals surface area contributed by atoms with Crippen LogP contribution in [0.3, 0.4) is 0 Å². The van der Waals surface area contributed by atoms with Gasteiger partial charge in [0.2, 0.25) is 0 Å². The number of rotatable bonds is 5. The van der Waals surface area contributed by atoms with Crippen LogP contribution in [-0.4, -0.2) is 23.1 Å². The number of sulfonamides is 1. The highest BCUT2D eigenvalue weighted by Crippen LogP contribution is 2.25. The maximum atomic E-state index is 13.7. The molecule has 0 amide bonds. The number of hydrogen-bond donors (Lipinski definition) is 1. The number of non-ortho nitro benzene ring substituents is 1. The highest BCUT2D eigenvalue weighted by Gasteiger charge is 2.23. The lowest BCUT2D eigenvalue weighted by Crippen LogP contribution is -2.15. The van der Waals surface area contributed by atoms with E-state index in [1.54, 1.807) is 13.8 Å². The van der Waals surface area contributed by atoms with Crippen LogP contribution in [0.5, 0.6) is 0 Å². The molecule has 0 spiro atoms. The molecule has 0 atom stereocenters. The summed E-state index contributed by atoms with van der Waals surface area (Å²) in [7, 11) is -4.09. The van der Waals surface area contributed by atoms with E-state index in [0.717, 1.165) is 24.4 Å². The van der Waals surface area contributed by atoms with Gasteiger partial charge in [0.1, 0.15) is 10.7 Å². The Bertz CT molecular complexity index is 832. The molecule has 1 aromatic carbocycles. The van der Waals surface area contributed by atoms with Crippen molar-refractivity contribution in [3.8, 4) is 0 Å². The normalized spacial score (nSPS) is 11.4. The average Bonchev–Trinajstić information content (AvgIpc) is 2.82. The third-order valence-electron chi connectivity index (χ3n) is 3.05. The van der Waals surface area contributed by atoms with Crippen molar-refractivity contribution in [3.05, 3.63) is 46.0 Å². The molecule has 0 unspecified atom stereocenters. The number of hydrogen-bond acceptors (Lipinski definition) is 5. The van der Waals surface area contributed by atoms with Crippen LogP contribution < -0.4 is 4.72 Å². The Morgan fingerprint density at radius 1 is 1.45 bits per heavy atom. The molecule has 0 aliphatic carbocycles. The molecule has 0 radical (unpaired) electrons. The van der Waals surface area contributed by atoms with E-state index in [1.165, 1.54) is 4.68 Å². The highest BCUT2D eigenvalue weighted by molar-refractivity contribution is 7.92. The van der Waals surface area contributed by atoms with Gasteiger partial charge in [0.25, 0.3) is 15.7 Å². The van der Waals surface area contributed by atoms with Crippen LogP contribution in [0.2, 0.25) is 0 Å². The molecule has 0 saturated carbocycles. The summed E-state index contributed by atoms with van der Waals surface area (Å²) in [5, 5.41) is 14.6. The lowest BCUT2D eigenvalue weighted by Gasteiger charge is -2.08. The molecule has 8 nitrogen and oxygen atoms in total. The zero-order chi connectivity index (χ0) is 16.5. The highest BCUT2D eigenvalue weighted by atomic mass is 32.2. The number of aryl methyl sites for hydroxylation is 1. The monoisotopic (exact) mass is 328 g/mol. The second-order valence-corrected chi connectivity index (χ2v) is 6.09. The van der Waals surface area contributed by atoms with Gasteiger partial charge in [-0.25, -0.2) is 12.8 Å². The summed E-state index contributed by atoms with van der Waals surface area (Å²) >= 11 is 0. The maximum absolute atomic E-state index is 13.7. The van der Waals surface area contributed by atoms with Crippen LogP contribution >= 0.6 is 0 Å². The zero-order valence-electron chi connectivity index (χ0n) is 11.8. The minimum absolute atomic E-state index is 0.111. The fourth-order valence-corrected chi connectivity index (χ4v) is 3.15. The number of aromatic nitrogens is 2. The molecule has 1 N–H and O–H groups in total. The second kappa shape index (κ2) is 5.72. The number of nitro groups is 1. The minimum Gasteiger partial charge on any atom is -0.276 e. The van der Waals surface area contributed by atoms with Crippen LogP contribution in [-0.2, 0) is 16.6 Å². The first kappa shape index (κ1) is 15.9. The van der Waals surface area contributed by atoms with E-state index in [9.17, 15) is 22.9 Å². The van der Waals surface area contributed by atoms with Crippen LogP contribution in [0.25, 0.3) is 0 Å². The first-order chi connectivity index (χ1) is 10.3. The van der Waals surface area contributed by atoms with Crippen molar-refractivity contribution in [2.24, 2.45) is 0 Å². The summed E-state index contributed by atoms with van der Waals surface area (Å²) in [6, 6.07) is 2.61. The Morgan fingerprint density at radius 3 is 2.68 bits per heavy atom. The number of anilines is 1. The molecule has 0 aliphatic heterocycles. The molecule has 22 heavy (non-hydrogen) atoms. The van der Waals surface area contributed by atoms with E-state index in [-0.39, 0.29) is 4.90 Å². The Morgan fingerprint density at radius 2 is 2.14 bits per heavy atom. The predicted molar refractivity (Wildman–Crippen MR) is 76.5 cm³/mol.